The van der Waals surface area contributed by atoms with Crippen LogP contribution in [0.5, 0.6) is 0 Å². The van der Waals surface area contributed by atoms with Crippen LogP contribution in [-0.2, 0) is 11.3 Å². The number of aromatic nitrogens is 3. The zero-order valence-corrected chi connectivity index (χ0v) is 19.4. The van der Waals surface area contributed by atoms with E-state index in [1.165, 1.54) is 11.3 Å². The van der Waals surface area contributed by atoms with E-state index in [9.17, 15) is 4.79 Å². The Balaban J connectivity index is 1.61. The lowest BCUT2D eigenvalue weighted by molar-refractivity contribution is 0.0229. The predicted octanol–water partition coefficient (Wildman–Crippen LogP) is 5.22. The van der Waals surface area contributed by atoms with Gasteiger partial charge in [-0.25, -0.2) is 9.97 Å². The smallest absolute Gasteiger partial charge is 0.251 e. The fourth-order valence-electron chi connectivity index (χ4n) is 3.20. The van der Waals surface area contributed by atoms with Crippen LogP contribution in [0.15, 0.2) is 36.4 Å². The summed E-state index contributed by atoms with van der Waals surface area (Å²) in [6.07, 6.45) is 0. The number of benzene rings is 2. The van der Waals surface area contributed by atoms with Crippen molar-refractivity contribution in [3.8, 4) is 0 Å². The van der Waals surface area contributed by atoms with E-state index in [1.54, 1.807) is 13.2 Å². The first kappa shape index (κ1) is 21.5. The molecule has 31 heavy (non-hydrogen) atoms. The molecule has 2 aromatic heterocycles. The summed E-state index contributed by atoms with van der Waals surface area (Å²) >= 11 is 7.61. The molecule has 1 amide bonds. The standard InChI is InChI=1S/C22H24ClN5O2S/c1-5-28-17-9-6-13(19(29)24-12-22(2,3)30-4)10-16(17)25-20(28)27-21-26-15-8-7-14(23)11-18(15)31-21/h6-11H,5,12H2,1-4H3,(H,24,29)(H,25,26,27). The molecular formula is C22H24ClN5O2S. The number of carbonyl (C=O) groups excluding carboxylic acids is 1. The minimum atomic E-state index is -0.428. The SMILES string of the molecule is CCn1c(Nc2nc3ccc(Cl)cc3s2)nc2cc(C(=O)NCC(C)(C)OC)ccc21. The minimum absolute atomic E-state index is 0.157. The minimum Gasteiger partial charge on any atom is -0.377 e. The summed E-state index contributed by atoms with van der Waals surface area (Å²) in [5, 5.41) is 7.66. The van der Waals surface area contributed by atoms with E-state index < -0.39 is 5.60 Å². The highest BCUT2D eigenvalue weighted by molar-refractivity contribution is 7.22. The van der Waals surface area contributed by atoms with Crippen molar-refractivity contribution in [2.24, 2.45) is 0 Å². The van der Waals surface area contributed by atoms with E-state index in [0.717, 1.165) is 32.9 Å². The topological polar surface area (TPSA) is 81.1 Å². The van der Waals surface area contributed by atoms with E-state index >= 15 is 0 Å². The molecule has 0 aliphatic heterocycles. The highest BCUT2D eigenvalue weighted by Crippen LogP contribution is 2.31. The molecule has 0 atom stereocenters. The largest absolute Gasteiger partial charge is 0.377 e. The summed E-state index contributed by atoms with van der Waals surface area (Å²) < 4.78 is 8.43. The summed E-state index contributed by atoms with van der Waals surface area (Å²) in [4.78, 5) is 21.9. The lowest BCUT2D eigenvalue weighted by Crippen LogP contribution is -2.39. The number of ether oxygens (including phenoxy) is 1. The zero-order chi connectivity index (χ0) is 22.2. The van der Waals surface area contributed by atoms with E-state index in [2.05, 4.69) is 27.1 Å². The Morgan fingerprint density at radius 3 is 2.74 bits per heavy atom. The second kappa shape index (κ2) is 8.45. The molecule has 0 saturated heterocycles. The van der Waals surface area contributed by atoms with Gasteiger partial charge < -0.3 is 19.9 Å². The van der Waals surface area contributed by atoms with Gasteiger partial charge >= 0.3 is 0 Å². The third kappa shape index (κ3) is 4.51. The Kier molecular flexibility index (Phi) is 5.88. The van der Waals surface area contributed by atoms with E-state index in [4.69, 9.17) is 21.3 Å². The van der Waals surface area contributed by atoms with Gasteiger partial charge in [0.25, 0.3) is 5.91 Å². The number of rotatable bonds is 7. The van der Waals surface area contributed by atoms with Crippen molar-refractivity contribution < 1.29 is 9.53 Å². The van der Waals surface area contributed by atoms with Gasteiger partial charge in [0, 0.05) is 30.8 Å². The molecule has 0 aliphatic carbocycles. The van der Waals surface area contributed by atoms with Crippen molar-refractivity contribution >= 4 is 61.2 Å². The van der Waals surface area contributed by atoms with Gasteiger partial charge in [0.1, 0.15) is 0 Å². The van der Waals surface area contributed by atoms with Crippen LogP contribution in [0, 0.1) is 0 Å². The quantitative estimate of drug-likeness (QED) is 0.397. The van der Waals surface area contributed by atoms with Gasteiger partial charge in [0.2, 0.25) is 5.95 Å². The summed E-state index contributed by atoms with van der Waals surface area (Å²) in [6, 6.07) is 11.2. The Hall–Kier alpha value is -2.68. The monoisotopic (exact) mass is 457 g/mol. The molecule has 0 unspecified atom stereocenters. The summed E-state index contributed by atoms with van der Waals surface area (Å²) in [5.74, 6) is 0.524. The Labute approximate surface area is 189 Å². The molecule has 7 nitrogen and oxygen atoms in total. The van der Waals surface area contributed by atoms with Gasteiger partial charge in [-0.1, -0.05) is 22.9 Å². The molecule has 0 saturated carbocycles. The molecule has 4 aromatic rings. The van der Waals surface area contributed by atoms with Crippen molar-refractivity contribution in [1.82, 2.24) is 19.9 Å². The molecule has 0 aliphatic rings. The molecule has 0 radical (unpaired) electrons. The number of fused-ring (bicyclic) bond motifs is 2. The van der Waals surface area contributed by atoms with E-state index in [1.807, 2.05) is 44.2 Å². The third-order valence-corrected chi connectivity index (χ3v) is 6.29. The number of hydrogen-bond donors (Lipinski definition) is 2. The van der Waals surface area contributed by atoms with Crippen LogP contribution in [-0.4, -0.2) is 39.7 Å². The number of amides is 1. The Morgan fingerprint density at radius 1 is 1.19 bits per heavy atom. The maximum atomic E-state index is 12.6. The second-order valence-electron chi connectivity index (χ2n) is 7.79. The van der Waals surface area contributed by atoms with Crippen LogP contribution in [0.25, 0.3) is 21.3 Å². The Morgan fingerprint density at radius 2 is 2.00 bits per heavy atom. The number of nitrogens with zero attached hydrogens (tertiary/aromatic N) is 3. The van der Waals surface area contributed by atoms with E-state index in [0.29, 0.717) is 23.1 Å². The number of imidazole rings is 1. The number of hydrogen-bond acceptors (Lipinski definition) is 6. The molecular weight excluding hydrogens is 434 g/mol. The zero-order valence-electron chi connectivity index (χ0n) is 17.8. The molecule has 2 N–H and O–H groups in total. The van der Waals surface area contributed by atoms with Crippen LogP contribution in [0.1, 0.15) is 31.1 Å². The van der Waals surface area contributed by atoms with Crippen molar-refractivity contribution in [1.29, 1.82) is 0 Å². The lowest BCUT2D eigenvalue weighted by Gasteiger charge is -2.23. The normalized spacial score (nSPS) is 11.9. The number of anilines is 2. The molecule has 0 bridgehead atoms. The van der Waals surface area contributed by atoms with Gasteiger partial charge in [-0.2, -0.15) is 0 Å². The van der Waals surface area contributed by atoms with Crippen molar-refractivity contribution in [3.05, 3.63) is 47.0 Å². The van der Waals surface area contributed by atoms with Crippen molar-refractivity contribution in [2.45, 2.75) is 32.9 Å². The maximum absolute atomic E-state index is 12.6. The van der Waals surface area contributed by atoms with Crippen LogP contribution in [0.2, 0.25) is 5.02 Å². The first-order valence-corrected chi connectivity index (χ1v) is 11.2. The van der Waals surface area contributed by atoms with Crippen molar-refractivity contribution in [3.63, 3.8) is 0 Å². The lowest BCUT2D eigenvalue weighted by atomic mass is 10.1. The molecule has 2 aromatic carbocycles. The number of carbonyl (C=O) groups is 1. The number of methoxy groups -OCH3 is 1. The molecule has 4 rings (SSSR count). The number of thiazole rings is 1. The van der Waals surface area contributed by atoms with E-state index in [-0.39, 0.29) is 5.91 Å². The molecule has 9 heteroatoms. The average Bonchev–Trinajstić information content (AvgIpc) is 3.30. The number of nitrogens with one attached hydrogen (secondary N) is 2. The highest BCUT2D eigenvalue weighted by atomic mass is 35.5. The first-order chi connectivity index (χ1) is 14.8. The van der Waals surface area contributed by atoms with Gasteiger partial charge in [0.05, 0.1) is 26.9 Å². The van der Waals surface area contributed by atoms with Gasteiger partial charge in [-0.3, -0.25) is 4.79 Å². The molecule has 2 heterocycles. The molecule has 0 fully saturated rings. The second-order valence-corrected chi connectivity index (χ2v) is 9.25. The summed E-state index contributed by atoms with van der Waals surface area (Å²) in [5.41, 5.74) is 2.70. The van der Waals surface area contributed by atoms with Crippen molar-refractivity contribution in [2.75, 3.05) is 19.0 Å². The van der Waals surface area contributed by atoms with Crippen LogP contribution < -0.4 is 10.6 Å². The Bertz CT molecular complexity index is 1260. The average molecular weight is 458 g/mol. The first-order valence-electron chi connectivity index (χ1n) is 9.96. The maximum Gasteiger partial charge on any atom is 0.251 e. The molecule has 0 spiro atoms. The van der Waals surface area contributed by atoms with Gasteiger partial charge in [0.15, 0.2) is 5.13 Å². The highest BCUT2D eigenvalue weighted by Gasteiger charge is 2.19. The van der Waals surface area contributed by atoms with Crippen LogP contribution >= 0.6 is 22.9 Å². The summed E-state index contributed by atoms with van der Waals surface area (Å²) in [7, 11) is 1.63. The van der Waals surface area contributed by atoms with Gasteiger partial charge in [-0.05, 0) is 57.2 Å². The third-order valence-electron chi connectivity index (χ3n) is 5.12. The predicted molar refractivity (Wildman–Crippen MR) is 127 cm³/mol. The summed E-state index contributed by atoms with van der Waals surface area (Å²) in [6.45, 7) is 7.04. The van der Waals surface area contributed by atoms with Crippen LogP contribution in [0.4, 0.5) is 11.1 Å². The number of aryl methyl sites for hydroxylation is 1. The fourth-order valence-corrected chi connectivity index (χ4v) is 4.34. The van der Waals surface area contributed by atoms with Gasteiger partial charge in [-0.15, -0.1) is 0 Å². The molecule has 162 valence electrons. The number of halogens is 1. The van der Waals surface area contributed by atoms with Crippen LogP contribution in [0.3, 0.4) is 0 Å². The fraction of sp³-hybridized carbons (Fsp3) is 0.318.